The third-order valence-corrected chi connectivity index (χ3v) is 4.22. The highest BCUT2D eigenvalue weighted by atomic mass is 32.2. The van der Waals surface area contributed by atoms with Crippen molar-refractivity contribution in [3.05, 3.63) is 29.8 Å². The van der Waals surface area contributed by atoms with Crippen LogP contribution in [0.2, 0.25) is 0 Å². The van der Waals surface area contributed by atoms with Crippen LogP contribution in [-0.2, 0) is 4.79 Å². The van der Waals surface area contributed by atoms with Crippen LogP contribution in [0.15, 0.2) is 24.3 Å². The molecule has 1 heterocycles. The lowest BCUT2D eigenvalue weighted by atomic mass is 10.1. The maximum absolute atomic E-state index is 12.1. The van der Waals surface area contributed by atoms with Gasteiger partial charge in [-0.05, 0) is 37.8 Å². The Hall–Kier alpha value is -1.20. The van der Waals surface area contributed by atoms with Crippen LogP contribution in [0.4, 0.5) is 0 Å². The molecule has 0 spiro atoms. The number of nitrogens with zero attached hydrogens (tertiary/aromatic N) is 1. The van der Waals surface area contributed by atoms with Crippen LogP contribution >= 0.6 is 11.8 Å². The lowest BCUT2D eigenvalue weighted by Gasteiger charge is -2.30. The van der Waals surface area contributed by atoms with Crippen molar-refractivity contribution in [3.63, 3.8) is 0 Å². The second-order valence-electron chi connectivity index (χ2n) is 4.89. The predicted molar refractivity (Wildman–Crippen MR) is 83.0 cm³/mol. The molecule has 1 saturated heterocycles. The summed E-state index contributed by atoms with van der Waals surface area (Å²) in [5, 5.41) is 3.29. The minimum absolute atomic E-state index is 0.0275. The Bertz CT molecular complexity index is 450. The first-order chi connectivity index (χ1) is 9.67. The van der Waals surface area contributed by atoms with E-state index >= 15 is 0 Å². The molecular formula is C15H22N2O2S. The van der Waals surface area contributed by atoms with Gasteiger partial charge in [0.05, 0.1) is 13.2 Å². The van der Waals surface area contributed by atoms with E-state index in [-0.39, 0.29) is 18.1 Å². The highest BCUT2D eigenvalue weighted by Gasteiger charge is 2.34. The molecule has 1 fully saturated rings. The van der Waals surface area contributed by atoms with Crippen LogP contribution in [-0.4, -0.2) is 42.0 Å². The molecule has 2 unspecified atom stereocenters. The first-order valence-corrected chi connectivity index (χ1v) is 8.33. The van der Waals surface area contributed by atoms with Gasteiger partial charge in [0.1, 0.15) is 11.9 Å². The third kappa shape index (κ3) is 3.27. The van der Waals surface area contributed by atoms with Gasteiger partial charge >= 0.3 is 0 Å². The van der Waals surface area contributed by atoms with Crippen LogP contribution in [0.3, 0.4) is 0 Å². The zero-order valence-corrected chi connectivity index (χ0v) is 13.1. The fourth-order valence-corrected chi connectivity index (χ4v) is 3.17. The minimum atomic E-state index is -0.0275. The topological polar surface area (TPSA) is 41.6 Å². The van der Waals surface area contributed by atoms with E-state index in [1.807, 2.05) is 36.1 Å². The van der Waals surface area contributed by atoms with Crippen molar-refractivity contribution in [2.24, 2.45) is 0 Å². The molecule has 0 saturated carbocycles. The van der Waals surface area contributed by atoms with Crippen molar-refractivity contribution >= 4 is 17.7 Å². The summed E-state index contributed by atoms with van der Waals surface area (Å²) in [7, 11) is 0. The van der Waals surface area contributed by atoms with Crippen molar-refractivity contribution in [1.82, 2.24) is 10.2 Å². The number of carbonyl (C=O) groups excluding carboxylic acids is 1. The molecule has 1 aromatic rings. The van der Waals surface area contributed by atoms with Crippen molar-refractivity contribution in [2.75, 3.05) is 25.2 Å². The summed E-state index contributed by atoms with van der Waals surface area (Å²) in [4.78, 5) is 14.0. The summed E-state index contributed by atoms with van der Waals surface area (Å²) in [6.45, 7) is 5.15. The summed E-state index contributed by atoms with van der Waals surface area (Å²) in [6.07, 6.45) is 2.04. The molecule has 0 bridgehead atoms. The fraction of sp³-hybridized carbons (Fsp3) is 0.533. The van der Waals surface area contributed by atoms with Crippen LogP contribution in [0, 0.1) is 0 Å². The van der Waals surface area contributed by atoms with Crippen LogP contribution in [0.1, 0.15) is 25.6 Å². The standard InChI is InChI=1S/C15H22N2O2S/c1-4-19-13-7-5-12(6-8-13)15-16-9-14(18)17(15)11(2)10-20-3/h5-8,11,15-16H,4,9-10H2,1-3H3. The molecule has 20 heavy (non-hydrogen) atoms. The Kier molecular flexibility index (Phi) is 5.31. The van der Waals surface area contributed by atoms with Gasteiger partial charge < -0.3 is 9.64 Å². The first kappa shape index (κ1) is 15.2. The van der Waals surface area contributed by atoms with Gasteiger partial charge in [-0.25, -0.2) is 0 Å². The number of benzene rings is 1. The number of nitrogens with one attached hydrogen (secondary N) is 1. The van der Waals surface area contributed by atoms with Gasteiger partial charge in [-0.15, -0.1) is 0 Å². The highest BCUT2D eigenvalue weighted by molar-refractivity contribution is 7.98. The molecule has 1 amide bonds. The molecule has 1 aliphatic heterocycles. The molecule has 0 radical (unpaired) electrons. The largest absolute Gasteiger partial charge is 0.494 e. The lowest BCUT2D eigenvalue weighted by molar-refractivity contribution is -0.129. The quantitative estimate of drug-likeness (QED) is 0.874. The maximum Gasteiger partial charge on any atom is 0.238 e. The van der Waals surface area contributed by atoms with E-state index in [0.29, 0.717) is 13.2 Å². The second-order valence-corrected chi connectivity index (χ2v) is 5.80. The van der Waals surface area contributed by atoms with E-state index in [0.717, 1.165) is 17.1 Å². The molecule has 0 aliphatic carbocycles. The Labute approximate surface area is 124 Å². The van der Waals surface area contributed by atoms with Crippen molar-refractivity contribution in [2.45, 2.75) is 26.1 Å². The number of carbonyl (C=O) groups is 1. The summed E-state index contributed by atoms with van der Waals surface area (Å²) >= 11 is 1.76. The average Bonchev–Trinajstić information content (AvgIpc) is 2.82. The maximum atomic E-state index is 12.1. The second kappa shape index (κ2) is 6.99. The molecule has 110 valence electrons. The Balaban J connectivity index is 2.15. The van der Waals surface area contributed by atoms with Crippen LogP contribution in [0.5, 0.6) is 5.75 Å². The minimum Gasteiger partial charge on any atom is -0.494 e. The monoisotopic (exact) mass is 294 g/mol. The van der Waals surface area contributed by atoms with Crippen molar-refractivity contribution in [1.29, 1.82) is 0 Å². The number of amides is 1. The smallest absolute Gasteiger partial charge is 0.238 e. The average molecular weight is 294 g/mol. The Morgan fingerprint density at radius 3 is 2.75 bits per heavy atom. The molecule has 1 aromatic carbocycles. The van der Waals surface area contributed by atoms with E-state index < -0.39 is 0 Å². The van der Waals surface area contributed by atoms with Gasteiger partial charge in [-0.2, -0.15) is 11.8 Å². The lowest BCUT2D eigenvalue weighted by Crippen LogP contribution is -2.39. The molecule has 5 heteroatoms. The van der Waals surface area contributed by atoms with Gasteiger partial charge in [0, 0.05) is 11.8 Å². The van der Waals surface area contributed by atoms with E-state index in [2.05, 4.69) is 18.5 Å². The zero-order chi connectivity index (χ0) is 14.5. The number of rotatable bonds is 6. The molecule has 1 N–H and O–H groups in total. The normalized spacial score (nSPS) is 20.2. The van der Waals surface area contributed by atoms with E-state index in [9.17, 15) is 4.79 Å². The zero-order valence-electron chi connectivity index (χ0n) is 12.3. The summed E-state index contributed by atoms with van der Waals surface area (Å²) in [5.41, 5.74) is 1.10. The summed E-state index contributed by atoms with van der Waals surface area (Å²) in [6, 6.07) is 8.20. The Morgan fingerprint density at radius 1 is 1.45 bits per heavy atom. The van der Waals surface area contributed by atoms with Gasteiger partial charge in [-0.3, -0.25) is 10.1 Å². The highest BCUT2D eigenvalue weighted by Crippen LogP contribution is 2.27. The molecule has 4 nitrogen and oxygen atoms in total. The van der Waals surface area contributed by atoms with Crippen molar-refractivity contribution in [3.8, 4) is 5.75 Å². The fourth-order valence-electron chi connectivity index (χ4n) is 2.53. The number of thioether (sulfide) groups is 1. The molecule has 0 aromatic heterocycles. The number of hydrogen-bond donors (Lipinski definition) is 1. The summed E-state index contributed by atoms with van der Waals surface area (Å²) in [5.74, 6) is 1.98. The van der Waals surface area contributed by atoms with E-state index in [4.69, 9.17) is 4.74 Å². The predicted octanol–water partition coefficient (Wildman–Crippen LogP) is 2.27. The Morgan fingerprint density at radius 2 is 2.15 bits per heavy atom. The van der Waals surface area contributed by atoms with Crippen LogP contribution < -0.4 is 10.1 Å². The van der Waals surface area contributed by atoms with Gasteiger partial charge in [0.15, 0.2) is 0 Å². The first-order valence-electron chi connectivity index (χ1n) is 6.93. The van der Waals surface area contributed by atoms with E-state index in [1.165, 1.54) is 0 Å². The molecule has 2 rings (SSSR count). The third-order valence-electron chi connectivity index (χ3n) is 3.40. The number of hydrogen-bond acceptors (Lipinski definition) is 4. The van der Waals surface area contributed by atoms with Gasteiger partial charge in [0.25, 0.3) is 0 Å². The SMILES string of the molecule is CCOc1ccc(C2NCC(=O)N2C(C)CSC)cc1. The number of ether oxygens (including phenoxy) is 1. The van der Waals surface area contributed by atoms with Crippen LogP contribution in [0.25, 0.3) is 0 Å². The van der Waals surface area contributed by atoms with Crippen molar-refractivity contribution < 1.29 is 9.53 Å². The molecular weight excluding hydrogens is 272 g/mol. The molecule has 2 atom stereocenters. The van der Waals surface area contributed by atoms with E-state index in [1.54, 1.807) is 11.8 Å². The van der Waals surface area contributed by atoms with Gasteiger partial charge in [0.2, 0.25) is 5.91 Å². The summed E-state index contributed by atoms with van der Waals surface area (Å²) < 4.78 is 5.45. The van der Waals surface area contributed by atoms with Gasteiger partial charge in [-0.1, -0.05) is 12.1 Å². The molecule has 1 aliphatic rings.